The van der Waals surface area contributed by atoms with Gasteiger partial charge in [0.05, 0.1) is 5.30 Å². The van der Waals surface area contributed by atoms with Gasteiger partial charge in [-0.15, -0.1) is 0 Å². The van der Waals surface area contributed by atoms with Crippen LogP contribution in [0.15, 0.2) is 30.3 Å². The number of rotatable bonds is 3. The first kappa shape index (κ1) is 14.4. The van der Waals surface area contributed by atoms with E-state index in [-0.39, 0.29) is 0 Å². The first-order valence-electron chi connectivity index (χ1n) is 7.69. The Morgan fingerprint density at radius 3 is 2.33 bits per heavy atom. The van der Waals surface area contributed by atoms with Crippen LogP contribution in [0.25, 0.3) is 11.1 Å². The van der Waals surface area contributed by atoms with Crippen LogP contribution in [0.4, 0.5) is 0 Å². The molecule has 1 aliphatic rings. The van der Waals surface area contributed by atoms with Crippen LogP contribution in [0.3, 0.4) is 0 Å². The van der Waals surface area contributed by atoms with Crippen molar-refractivity contribution in [2.75, 3.05) is 0 Å². The maximum absolute atomic E-state index is 12.5. The van der Waals surface area contributed by atoms with Crippen molar-refractivity contribution in [1.82, 2.24) is 0 Å². The lowest BCUT2D eigenvalue weighted by atomic mass is 9.95. The van der Waals surface area contributed by atoms with Crippen LogP contribution in [0, 0.1) is 0 Å². The van der Waals surface area contributed by atoms with Gasteiger partial charge < -0.3 is 4.52 Å². The zero-order valence-corrected chi connectivity index (χ0v) is 13.8. The van der Waals surface area contributed by atoms with Crippen molar-refractivity contribution in [3.05, 3.63) is 47.0 Å². The summed E-state index contributed by atoms with van der Waals surface area (Å²) in [6.07, 6.45) is 2.84. The minimum atomic E-state index is -2.19. The fourth-order valence-electron chi connectivity index (χ4n) is 2.91. The summed E-state index contributed by atoms with van der Waals surface area (Å²) in [5.41, 5.74) is 5.87. The Kier molecular flexibility index (Phi) is 3.91. The summed E-state index contributed by atoms with van der Waals surface area (Å²) in [4.78, 5) is 0. The number of fused-ring (bicyclic) bond motifs is 3. The van der Waals surface area contributed by atoms with Gasteiger partial charge in [-0.2, -0.15) is 0 Å². The van der Waals surface area contributed by atoms with Crippen LogP contribution in [0.5, 0.6) is 5.75 Å². The molecular weight excluding hydrogens is 279 g/mol. The molecule has 0 aliphatic carbocycles. The molecule has 0 spiro atoms. The standard InChI is InChI=1S/C18H21O2P/c1-4-12-7-8-15-16-10-13(5-2)9-14(6-3)18(16)20-21(19)17(15)11-12/h7-11,21H,4-6H2,1-3H3. The molecule has 0 aromatic heterocycles. The van der Waals surface area contributed by atoms with Crippen LogP contribution < -0.4 is 9.83 Å². The third-order valence-electron chi connectivity index (χ3n) is 4.21. The highest BCUT2D eigenvalue weighted by Gasteiger charge is 2.25. The second kappa shape index (κ2) is 5.69. The molecule has 2 aromatic carbocycles. The van der Waals surface area contributed by atoms with Crippen molar-refractivity contribution in [3.63, 3.8) is 0 Å². The van der Waals surface area contributed by atoms with Gasteiger partial charge in [0.1, 0.15) is 5.75 Å². The van der Waals surface area contributed by atoms with Gasteiger partial charge in [0.2, 0.25) is 0 Å². The van der Waals surface area contributed by atoms with Crippen molar-refractivity contribution < 1.29 is 9.09 Å². The molecule has 3 heteroatoms. The predicted octanol–water partition coefficient (Wildman–Crippen LogP) is 4.53. The van der Waals surface area contributed by atoms with Gasteiger partial charge in [0.15, 0.2) is 0 Å². The third kappa shape index (κ3) is 2.42. The summed E-state index contributed by atoms with van der Waals surface area (Å²) in [6, 6.07) is 10.7. The van der Waals surface area contributed by atoms with E-state index in [2.05, 4.69) is 45.0 Å². The number of hydrogen-bond acceptors (Lipinski definition) is 2. The summed E-state index contributed by atoms with van der Waals surface area (Å²) >= 11 is 0. The highest BCUT2D eigenvalue weighted by atomic mass is 31.1. The third-order valence-corrected chi connectivity index (χ3v) is 5.45. The second-order valence-electron chi connectivity index (χ2n) is 5.46. The van der Waals surface area contributed by atoms with E-state index in [1.165, 1.54) is 11.1 Å². The number of hydrogen-bond donors (Lipinski definition) is 0. The minimum absolute atomic E-state index is 0.829. The van der Waals surface area contributed by atoms with Gasteiger partial charge in [0.25, 0.3) is 8.03 Å². The Morgan fingerprint density at radius 2 is 1.67 bits per heavy atom. The first-order valence-corrected chi connectivity index (χ1v) is 9.00. The van der Waals surface area contributed by atoms with Crippen molar-refractivity contribution in [3.8, 4) is 16.9 Å². The van der Waals surface area contributed by atoms with Crippen LogP contribution in [-0.4, -0.2) is 0 Å². The molecular formula is C18H21O2P. The Bertz CT molecular complexity index is 719. The summed E-state index contributed by atoms with van der Waals surface area (Å²) in [5.74, 6) is 0.829. The molecule has 1 heterocycles. The Labute approximate surface area is 127 Å². The van der Waals surface area contributed by atoms with Crippen LogP contribution >= 0.6 is 8.03 Å². The Morgan fingerprint density at radius 1 is 0.905 bits per heavy atom. The maximum atomic E-state index is 12.5. The molecule has 1 aliphatic heterocycles. The average Bonchev–Trinajstić information content (AvgIpc) is 2.53. The molecule has 21 heavy (non-hydrogen) atoms. The molecule has 0 bridgehead atoms. The molecule has 0 fully saturated rings. The predicted molar refractivity (Wildman–Crippen MR) is 89.3 cm³/mol. The maximum Gasteiger partial charge on any atom is 0.266 e. The first-order chi connectivity index (χ1) is 10.2. The van der Waals surface area contributed by atoms with Crippen molar-refractivity contribution in [1.29, 1.82) is 0 Å². The van der Waals surface area contributed by atoms with E-state index >= 15 is 0 Å². The van der Waals surface area contributed by atoms with Gasteiger partial charge in [-0.3, -0.25) is 4.57 Å². The largest absolute Gasteiger partial charge is 0.441 e. The lowest BCUT2D eigenvalue weighted by Gasteiger charge is -2.24. The van der Waals surface area contributed by atoms with Gasteiger partial charge in [-0.1, -0.05) is 39.0 Å². The topological polar surface area (TPSA) is 26.3 Å². The smallest absolute Gasteiger partial charge is 0.266 e. The molecule has 1 unspecified atom stereocenters. The fraction of sp³-hybridized carbons (Fsp3) is 0.333. The van der Waals surface area contributed by atoms with Crippen molar-refractivity contribution in [2.45, 2.75) is 40.0 Å². The zero-order chi connectivity index (χ0) is 15.0. The molecule has 0 saturated heterocycles. The number of aryl methyl sites for hydroxylation is 3. The molecule has 1 atom stereocenters. The van der Waals surface area contributed by atoms with E-state index in [0.717, 1.165) is 47.0 Å². The Hall–Kier alpha value is -1.53. The van der Waals surface area contributed by atoms with Crippen LogP contribution in [0.2, 0.25) is 0 Å². The normalized spacial score (nSPS) is 16.0. The molecule has 110 valence electrons. The van der Waals surface area contributed by atoms with Crippen LogP contribution in [0.1, 0.15) is 37.5 Å². The minimum Gasteiger partial charge on any atom is -0.441 e. The molecule has 0 amide bonds. The van der Waals surface area contributed by atoms with E-state index < -0.39 is 8.03 Å². The van der Waals surface area contributed by atoms with E-state index in [9.17, 15) is 4.57 Å². The summed E-state index contributed by atoms with van der Waals surface area (Å²) < 4.78 is 18.3. The van der Waals surface area contributed by atoms with E-state index in [1.807, 2.05) is 6.07 Å². The summed E-state index contributed by atoms with van der Waals surface area (Å²) in [6.45, 7) is 6.39. The SMILES string of the molecule is CCc1cc(CC)c2c(c1)-c1ccc(CC)cc1[PH](=O)O2. The second-order valence-corrected chi connectivity index (χ2v) is 6.78. The lowest BCUT2D eigenvalue weighted by molar-refractivity contribution is 0.510. The fourth-order valence-corrected chi connectivity index (χ4v) is 4.18. The van der Waals surface area contributed by atoms with E-state index in [0.29, 0.717) is 0 Å². The number of benzene rings is 2. The van der Waals surface area contributed by atoms with E-state index in [1.54, 1.807) is 0 Å². The molecule has 0 N–H and O–H groups in total. The quantitative estimate of drug-likeness (QED) is 0.778. The zero-order valence-electron chi connectivity index (χ0n) is 12.8. The van der Waals surface area contributed by atoms with Crippen molar-refractivity contribution >= 4 is 13.3 Å². The molecule has 0 saturated carbocycles. The average molecular weight is 300 g/mol. The summed E-state index contributed by atoms with van der Waals surface area (Å²) in [7, 11) is -2.19. The van der Waals surface area contributed by atoms with Gasteiger partial charge in [-0.05, 0) is 53.6 Å². The van der Waals surface area contributed by atoms with Crippen molar-refractivity contribution in [2.24, 2.45) is 0 Å². The Balaban J connectivity index is 2.27. The highest BCUT2D eigenvalue weighted by Crippen LogP contribution is 2.45. The van der Waals surface area contributed by atoms with Crippen LogP contribution in [-0.2, 0) is 23.8 Å². The lowest BCUT2D eigenvalue weighted by Crippen LogP contribution is -2.13. The highest BCUT2D eigenvalue weighted by molar-refractivity contribution is 7.49. The van der Waals surface area contributed by atoms with E-state index in [4.69, 9.17) is 4.52 Å². The molecule has 2 aromatic rings. The monoisotopic (exact) mass is 300 g/mol. The van der Waals surface area contributed by atoms with Gasteiger partial charge in [-0.25, -0.2) is 0 Å². The molecule has 3 rings (SSSR count). The van der Waals surface area contributed by atoms with Gasteiger partial charge >= 0.3 is 0 Å². The van der Waals surface area contributed by atoms with Gasteiger partial charge in [0, 0.05) is 5.56 Å². The summed E-state index contributed by atoms with van der Waals surface area (Å²) in [5, 5.41) is 0.877. The molecule has 2 nitrogen and oxygen atoms in total. The molecule has 0 radical (unpaired) electrons.